The van der Waals surface area contributed by atoms with Crippen molar-refractivity contribution in [3.63, 3.8) is 0 Å². The number of hydrogen-bond acceptors (Lipinski definition) is 5. The number of hydrogen-bond donors (Lipinski definition) is 0. The van der Waals surface area contributed by atoms with Crippen LogP contribution in [0.4, 0.5) is 4.79 Å². The molecule has 7 heteroatoms. The molecule has 1 unspecified atom stereocenters. The van der Waals surface area contributed by atoms with Crippen molar-refractivity contribution in [3.05, 3.63) is 30.3 Å². The van der Waals surface area contributed by atoms with Crippen LogP contribution in [-0.4, -0.2) is 28.7 Å². The lowest BCUT2D eigenvalue weighted by atomic mass is 10.4. The third-order valence-electron chi connectivity index (χ3n) is 2.00. The van der Waals surface area contributed by atoms with Crippen LogP contribution in [0.5, 0.6) is 0 Å². The van der Waals surface area contributed by atoms with E-state index < -0.39 is 15.7 Å². The van der Waals surface area contributed by atoms with Gasteiger partial charge in [-0.25, -0.2) is 9.10 Å². The molecule has 0 aliphatic heterocycles. The minimum Gasteiger partial charge on any atom is -0.296 e. The van der Waals surface area contributed by atoms with Gasteiger partial charge in [0.1, 0.15) is 5.04 Å². The van der Waals surface area contributed by atoms with E-state index in [-0.39, 0.29) is 0 Å². The van der Waals surface area contributed by atoms with Gasteiger partial charge in [0.25, 0.3) is 0 Å². The van der Waals surface area contributed by atoms with Crippen LogP contribution in [-0.2, 0) is 25.7 Å². The number of amides is 1. The standard InChI is InChI=1S/C11H14N2O2S3/c1-9(17-3)12-15-11(14)13(2)18(16)10-7-5-4-6-8-10/h4-8H,1-3H3. The number of rotatable bonds is 3. The average Bonchev–Trinajstić information content (AvgIpc) is 2.43. The first-order valence-corrected chi connectivity index (χ1v) is 8.39. The first kappa shape index (κ1) is 15.1. The molecule has 1 amide bonds. The monoisotopic (exact) mass is 302 g/mol. The number of oxime groups is 1. The molecule has 0 heterocycles. The molecule has 0 aliphatic rings. The minimum atomic E-state index is -0.759. The lowest BCUT2D eigenvalue weighted by Crippen LogP contribution is -2.27. The quantitative estimate of drug-likeness (QED) is 0.373. The Kier molecular flexibility index (Phi) is 6.31. The summed E-state index contributed by atoms with van der Waals surface area (Å²) in [7, 11) is 0.848. The summed E-state index contributed by atoms with van der Waals surface area (Å²) in [5.41, 5.74) is 0. The van der Waals surface area contributed by atoms with Crippen LogP contribution in [0, 0.1) is 0 Å². The SMILES string of the molecule is CSC(C)=NOC(=O)N(C)S(=S)c1ccccc1. The first-order valence-electron chi connectivity index (χ1n) is 5.06. The summed E-state index contributed by atoms with van der Waals surface area (Å²) < 4.78 is 1.36. The number of nitrogens with zero attached hydrogens (tertiary/aromatic N) is 2. The van der Waals surface area contributed by atoms with Crippen molar-refractivity contribution >= 4 is 43.7 Å². The Labute approximate surface area is 118 Å². The van der Waals surface area contributed by atoms with Gasteiger partial charge in [-0.3, -0.25) is 4.84 Å². The summed E-state index contributed by atoms with van der Waals surface area (Å²) in [5.74, 6) is 0. The molecule has 0 aliphatic carbocycles. The molecule has 0 saturated carbocycles. The average molecular weight is 302 g/mol. The van der Waals surface area contributed by atoms with E-state index in [1.165, 1.54) is 16.1 Å². The van der Waals surface area contributed by atoms with Crippen LogP contribution < -0.4 is 0 Å². The van der Waals surface area contributed by atoms with Crippen LogP contribution in [0.25, 0.3) is 0 Å². The van der Waals surface area contributed by atoms with E-state index in [1.807, 2.05) is 36.6 Å². The van der Waals surface area contributed by atoms with Gasteiger partial charge in [-0.1, -0.05) is 23.4 Å². The van der Waals surface area contributed by atoms with E-state index in [4.69, 9.17) is 16.0 Å². The van der Waals surface area contributed by atoms with Gasteiger partial charge in [0, 0.05) is 21.6 Å². The van der Waals surface area contributed by atoms with Crippen molar-refractivity contribution in [1.29, 1.82) is 0 Å². The molecule has 0 radical (unpaired) electrons. The van der Waals surface area contributed by atoms with Crippen molar-refractivity contribution in [2.45, 2.75) is 11.8 Å². The number of benzene rings is 1. The summed E-state index contributed by atoms with van der Waals surface area (Å²) in [4.78, 5) is 17.4. The molecule has 0 fully saturated rings. The highest BCUT2D eigenvalue weighted by atomic mass is 32.8. The summed E-state index contributed by atoms with van der Waals surface area (Å²) in [6, 6.07) is 9.45. The zero-order chi connectivity index (χ0) is 13.5. The van der Waals surface area contributed by atoms with Gasteiger partial charge in [0.2, 0.25) is 0 Å². The van der Waals surface area contributed by atoms with Crippen LogP contribution in [0.2, 0.25) is 0 Å². The molecule has 18 heavy (non-hydrogen) atoms. The molecule has 4 nitrogen and oxygen atoms in total. The fourth-order valence-electron chi connectivity index (χ4n) is 0.961. The van der Waals surface area contributed by atoms with E-state index in [0.29, 0.717) is 5.04 Å². The number of thioether (sulfide) groups is 1. The highest BCUT2D eigenvalue weighted by molar-refractivity contribution is 8.27. The number of carbonyl (C=O) groups is 1. The van der Waals surface area contributed by atoms with Crippen LogP contribution in [0.1, 0.15) is 6.92 Å². The molecule has 0 N–H and O–H groups in total. The molecule has 1 aromatic carbocycles. The normalized spacial score (nSPS) is 12.9. The molecule has 0 aromatic heterocycles. The zero-order valence-corrected chi connectivity index (χ0v) is 12.8. The highest BCUT2D eigenvalue weighted by Gasteiger charge is 2.15. The Morgan fingerprint density at radius 2 is 2.06 bits per heavy atom. The Bertz CT molecular complexity index is 463. The van der Waals surface area contributed by atoms with Gasteiger partial charge in [-0.05, 0) is 36.5 Å². The number of carbonyl (C=O) groups excluding carboxylic acids is 1. The van der Waals surface area contributed by atoms with Gasteiger partial charge in [-0.15, -0.1) is 11.8 Å². The fraction of sp³-hybridized carbons (Fsp3) is 0.273. The zero-order valence-electron chi connectivity index (χ0n) is 10.3. The Morgan fingerprint density at radius 3 is 2.61 bits per heavy atom. The maximum atomic E-state index is 11.7. The molecule has 0 spiro atoms. The van der Waals surface area contributed by atoms with E-state index in [0.717, 1.165) is 4.90 Å². The van der Waals surface area contributed by atoms with Gasteiger partial charge >= 0.3 is 6.09 Å². The maximum Gasteiger partial charge on any atom is 0.446 e. The van der Waals surface area contributed by atoms with Gasteiger partial charge in [0.05, 0.1) is 0 Å². The minimum absolute atomic E-state index is 0.550. The van der Waals surface area contributed by atoms with Crippen molar-refractivity contribution < 1.29 is 9.63 Å². The second-order valence-electron chi connectivity index (χ2n) is 3.23. The highest BCUT2D eigenvalue weighted by Crippen LogP contribution is 2.10. The summed E-state index contributed by atoms with van der Waals surface area (Å²) in [6.45, 7) is 1.77. The molecular weight excluding hydrogens is 288 g/mol. The molecule has 0 saturated heterocycles. The van der Waals surface area contributed by atoms with Gasteiger partial charge < -0.3 is 0 Å². The second-order valence-corrected chi connectivity index (χ2v) is 6.70. The molecule has 1 atom stereocenters. The Morgan fingerprint density at radius 1 is 1.44 bits per heavy atom. The summed E-state index contributed by atoms with van der Waals surface area (Å²) >= 11 is 6.72. The van der Waals surface area contributed by atoms with E-state index >= 15 is 0 Å². The fourth-order valence-corrected chi connectivity index (χ4v) is 2.46. The van der Waals surface area contributed by atoms with Crippen molar-refractivity contribution in [1.82, 2.24) is 4.31 Å². The first-order chi connectivity index (χ1) is 8.56. The molecule has 1 aromatic rings. The third kappa shape index (κ3) is 4.40. The van der Waals surface area contributed by atoms with E-state index in [2.05, 4.69) is 5.16 Å². The molecular formula is C11H14N2O2S3. The largest absolute Gasteiger partial charge is 0.446 e. The van der Waals surface area contributed by atoms with Gasteiger partial charge in [0.15, 0.2) is 0 Å². The van der Waals surface area contributed by atoms with E-state index in [9.17, 15) is 4.79 Å². The Hall–Kier alpha value is -0.920. The molecule has 1 rings (SSSR count). The van der Waals surface area contributed by atoms with Crippen molar-refractivity contribution in [2.75, 3.05) is 13.3 Å². The van der Waals surface area contributed by atoms with Crippen LogP contribution >= 0.6 is 11.8 Å². The Balaban J connectivity index is 2.67. The van der Waals surface area contributed by atoms with Gasteiger partial charge in [-0.2, -0.15) is 0 Å². The third-order valence-corrected chi connectivity index (χ3v) is 5.23. The lowest BCUT2D eigenvalue weighted by molar-refractivity contribution is 0.137. The van der Waals surface area contributed by atoms with Crippen molar-refractivity contribution in [3.8, 4) is 0 Å². The smallest absolute Gasteiger partial charge is 0.296 e. The van der Waals surface area contributed by atoms with E-state index in [1.54, 1.807) is 14.0 Å². The maximum absolute atomic E-state index is 11.7. The van der Waals surface area contributed by atoms with Crippen molar-refractivity contribution in [2.24, 2.45) is 5.16 Å². The second kappa shape index (κ2) is 7.50. The van der Waals surface area contributed by atoms with Crippen LogP contribution in [0.3, 0.4) is 0 Å². The topological polar surface area (TPSA) is 41.9 Å². The lowest BCUT2D eigenvalue weighted by Gasteiger charge is -2.16. The predicted molar refractivity (Wildman–Crippen MR) is 80.3 cm³/mol. The summed E-state index contributed by atoms with van der Waals surface area (Å²) in [5, 5.41) is 4.37. The van der Waals surface area contributed by atoms with Crippen LogP contribution in [0.15, 0.2) is 40.4 Å². The molecule has 0 bridgehead atoms. The molecule has 98 valence electrons. The summed E-state index contributed by atoms with van der Waals surface area (Å²) in [6.07, 6.45) is 1.31. The predicted octanol–water partition coefficient (Wildman–Crippen LogP) is 2.81.